The minimum absolute atomic E-state index is 0.0287. The number of carboxylic acid groups (broad SMARTS) is 1. The van der Waals surface area contributed by atoms with Crippen molar-refractivity contribution < 1.29 is 34.1 Å². The van der Waals surface area contributed by atoms with Crippen LogP contribution in [-0.4, -0.2) is 78.7 Å². The lowest BCUT2D eigenvalue weighted by Crippen LogP contribution is -2.56. The van der Waals surface area contributed by atoms with Crippen LogP contribution in [0.4, 0.5) is 4.79 Å². The predicted octanol–water partition coefficient (Wildman–Crippen LogP) is 0.780. The zero-order valence-corrected chi connectivity index (χ0v) is 21.1. The number of hydrogen-bond acceptors (Lipinski definition) is 7. The molecule has 0 aromatic heterocycles. The minimum atomic E-state index is -1.15. The van der Waals surface area contributed by atoms with Crippen molar-refractivity contribution in [2.75, 3.05) is 26.4 Å². The van der Waals surface area contributed by atoms with Gasteiger partial charge >= 0.3 is 12.0 Å². The van der Waals surface area contributed by atoms with Gasteiger partial charge in [-0.05, 0) is 49.4 Å². The number of aliphatic carboxylic acids is 1. The monoisotopic (exact) mass is 508 g/mol. The largest absolute Gasteiger partial charge is 0.493 e. The molecule has 1 aromatic rings. The van der Waals surface area contributed by atoms with E-state index in [1.165, 1.54) is 0 Å². The Morgan fingerprint density at radius 3 is 2.56 bits per heavy atom. The highest BCUT2D eigenvalue weighted by Gasteiger charge is 2.27. The van der Waals surface area contributed by atoms with E-state index in [0.29, 0.717) is 38.2 Å². The van der Waals surface area contributed by atoms with Crippen LogP contribution in [0.25, 0.3) is 0 Å². The Kier molecular flexibility index (Phi) is 12.4. The highest BCUT2D eigenvalue weighted by Crippen LogP contribution is 2.15. The van der Waals surface area contributed by atoms with Crippen molar-refractivity contribution in [1.82, 2.24) is 16.0 Å². The third-order valence-corrected chi connectivity index (χ3v) is 6.00. The summed E-state index contributed by atoms with van der Waals surface area (Å²) < 4.78 is 11.3. The number of hydrogen-bond donors (Lipinski definition) is 6. The molecule has 2 bridgehead atoms. The third kappa shape index (κ3) is 10.4. The maximum Gasteiger partial charge on any atom is 0.326 e. The lowest BCUT2D eigenvalue weighted by Gasteiger charge is -2.27. The topological polar surface area (TPSA) is 172 Å². The molecule has 4 atom stereocenters. The first-order valence-corrected chi connectivity index (χ1v) is 12.5. The van der Waals surface area contributed by atoms with Crippen molar-refractivity contribution >= 4 is 17.9 Å². The van der Waals surface area contributed by atoms with E-state index in [-0.39, 0.29) is 38.0 Å². The summed E-state index contributed by atoms with van der Waals surface area (Å²) in [5, 5.41) is 27.6. The summed E-state index contributed by atoms with van der Waals surface area (Å²) >= 11 is 0. The number of aliphatic hydroxyl groups excluding tert-OH is 1. The number of rotatable bonds is 8. The molecule has 3 amide bonds. The molecule has 0 fully saturated rings. The fraction of sp³-hybridized carbons (Fsp3) is 0.640. The minimum Gasteiger partial charge on any atom is -0.493 e. The molecule has 0 aliphatic carbocycles. The number of carbonyl (C=O) groups excluding carboxylic acids is 2. The van der Waals surface area contributed by atoms with Crippen molar-refractivity contribution in [2.24, 2.45) is 11.7 Å². The number of urea groups is 1. The number of nitrogens with one attached hydrogen (secondary N) is 3. The predicted molar refractivity (Wildman–Crippen MR) is 134 cm³/mol. The number of ether oxygens (including phenoxy) is 2. The molecule has 202 valence electrons. The van der Waals surface area contributed by atoms with Gasteiger partial charge in [0.25, 0.3) is 0 Å². The maximum atomic E-state index is 13.2. The molecule has 7 N–H and O–H groups in total. The second-order valence-corrected chi connectivity index (χ2v) is 9.38. The van der Waals surface area contributed by atoms with E-state index in [2.05, 4.69) is 16.0 Å². The molecular formula is C25H40N4O7. The molecule has 11 nitrogen and oxygen atoms in total. The van der Waals surface area contributed by atoms with E-state index < -0.39 is 36.1 Å². The Bertz CT molecular complexity index is 834. The molecule has 2 unspecified atom stereocenters. The highest BCUT2D eigenvalue weighted by molar-refractivity contribution is 5.89. The zero-order valence-electron chi connectivity index (χ0n) is 21.1. The molecular weight excluding hydrogens is 468 g/mol. The molecule has 2 heterocycles. The quantitative estimate of drug-likeness (QED) is 0.280. The Balaban J connectivity index is 2.19. The van der Waals surface area contributed by atoms with Crippen LogP contribution in [0.3, 0.4) is 0 Å². The van der Waals surface area contributed by atoms with Crippen molar-refractivity contribution in [1.29, 1.82) is 0 Å². The fourth-order valence-corrected chi connectivity index (χ4v) is 3.69. The molecule has 36 heavy (non-hydrogen) atoms. The van der Waals surface area contributed by atoms with E-state index in [1.54, 1.807) is 24.3 Å². The van der Waals surface area contributed by atoms with Gasteiger partial charge in [0.05, 0.1) is 32.0 Å². The average molecular weight is 509 g/mol. The van der Waals surface area contributed by atoms with Gasteiger partial charge in [-0.2, -0.15) is 0 Å². The van der Waals surface area contributed by atoms with Gasteiger partial charge in [0.1, 0.15) is 17.8 Å². The molecule has 0 saturated carbocycles. The number of unbranched alkanes of at least 4 members (excludes halogenated alkanes) is 1. The van der Waals surface area contributed by atoms with Crippen LogP contribution in [-0.2, 0) is 20.7 Å². The van der Waals surface area contributed by atoms with Crippen LogP contribution in [0.5, 0.6) is 5.75 Å². The highest BCUT2D eigenvalue weighted by atomic mass is 16.5. The number of aliphatic hydroxyl groups is 1. The lowest BCUT2D eigenvalue weighted by atomic mass is 10.0. The molecule has 0 spiro atoms. The summed E-state index contributed by atoms with van der Waals surface area (Å²) in [5.41, 5.74) is 6.25. The van der Waals surface area contributed by atoms with Crippen LogP contribution in [0.2, 0.25) is 0 Å². The number of carbonyl (C=O) groups is 3. The number of nitrogens with two attached hydrogens (primary N) is 1. The van der Waals surface area contributed by atoms with Gasteiger partial charge in [-0.15, -0.1) is 0 Å². The summed E-state index contributed by atoms with van der Waals surface area (Å²) in [5.74, 6) is -0.928. The fourth-order valence-electron chi connectivity index (χ4n) is 3.69. The maximum absolute atomic E-state index is 13.2. The Morgan fingerprint density at radius 1 is 1.19 bits per heavy atom. The summed E-state index contributed by atoms with van der Waals surface area (Å²) in [4.78, 5) is 37.5. The Morgan fingerprint density at radius 2 is 1.92 bits per heavy atom. The van der Waals surface area contributed by atoms with E-state index in [4.69, 9.17) is 15.2 Å². The number of carboxylic acids is 1. The van der Waals surface area contributed by atoms with Crippen LogP contribution >= 0.6 is 0 Å². The van der Waals surface area contributed by atoms with Crippen LogP contribution < -0.4 is 26.4 Å². The first-order valence-electron chi connectivity index (χ1n) is 12.5. The number of benzene rings is 1. The number of amides is 3. The van der Waals surface area contributed by atoms with Gasteiger partial charge in [0.2, 0.25) is 5.91 Å². The Hall–Kier alpha value is -2.89. The van der Waals surface area contributed by atoms with Gasteiger partial charge in [-0.3, -0.25) is 4.79 Å². The van der Waals surface area contributed by atoms with Gasteiger partial charge in [0.15, 0.2) is 0 Å². The van der Waals surface area contributed by atoms with Crippen LogP contribution in [0.15, 0.2) is 24.3 Å². The number of fused-ring (bicyclic) bond motifs is 13. The van der Waals surface area contributed by atoms with E-state index in [0.717, 1.165) is 5.56 Å². The van der Waals surface area contributed by atoms with E-state index in [9.17, 15) is 24.6 Å². The SMILES string of the molecule is CC(C)[C@H]1COCC(O)CCOc2ccc(cc2)C[C@@H](NC(=O)NC(CCCCN)C(=O)O)C(=O)N1. The summed E-state index contributed by atoms with van der Waals surface area (Å²) in [6.07, 6.45) is 1.33. The third-order valence-electron chi connectivity index (χ3n) is 6.00. The second-order valence-electron chi connectivity index (χ2n) is 9.38. The van der Waals surface area contributed by atoms with Crippen molar-refractivity contribution in [3.63, 3.8) is 0 Å². The normalized spacial score (nSPS) is 22.4. The molecule has 2 aliphatic rings. The van der Waals surface area contributed by atoms with Gasteiger partial charge in [-0.25, -0.2) is 9.59 Å². The lowest BCUT2D eigenvalue weighted by molar-refractivity contribution is -0.139. The van der Waals surface area contributed by atoms with Crippen LogP contribution in [0.1, 0.15) is 45.1 Å². The summed E-state index contributed by atoms with van der Waals surface area (Å²) in [7, 11) is 0. The van der Waals surface area contributed by atoms with Crippen molar-refractivity contribution in [3.05, 3.63) is 29.8 Å². The van der Waals surface area contributed by atoms with Gasteiger partial charge in [0, 0.05) is 12.8 Å². The first-order chi connectivity index (χ1) is 17.2. The summed E-state index contributed by atoms with van der Waals surface area (Å²) in [6, 6.07) is 3.96. The smallest absolute Gasteiger partial charge is 0.326 e. The first kappa shape index (κ1) is 29.3. The molecule has 0 radical (unpaired) electrons. The van der Waals surface area contributed by atoms with Gasteiger partial charge in [-0.1, -0.05) is 26.0 Å². The molecule has 1 aromatic carbocycles. The average Bonchev–Trinajstić information content (AvgIpc) is 2.82. The zero-order chi connectivity index (χ0) is 26.5. The second kappa shape index (κ2) is 15.3. The van der Waals surface area contributed by atoms with Crippen molar-refractivity contribution in [2.45, 2.75) is 70.2 Å². The van der Waals surface area contributed by atoms with Gasteiger partial charge < -0.3 is 41.4 Å². The van der Waals surface area contributed by atoms with Crippen LogP contribution in [0, 0.1) is 5.92 Å². The summed E-state index contributed by atoms with van der Waals surface area (Å²) in [6.45, 7) is 4.93. The van der Waals surface area contributed by atoms with E-state index >= 15 is 0 Å². The standard InChI is InChI=1S/C25H40N4O7/c1-16(2)22-15-35-14-18(30)10-12-36-19-8-6-17(7-9-19)13-21(23(31)27-22)29-25(34)28-20(24(32)33)5-3-4-11-26/h6-9,16,18,20-22,30H,3-5,10-15,26H2,1-2H3,(H,27,31)(H,32,33)(H2,28,29,34)/t18?,20?,21-,22-/m1/s1. The molecule has 3 rings (SSSR count). The molecule has 11 heteroatoms. The Labute approximate surface area is 212 Å². The molecule has 2 aliphatic heterocycles. The van der Waals surface area contributed by atoms with E-state index in [1.807, 2.05) is 13.8 Å². The van der Waals surface area contributed by atoms with Crippen molar-refractivity contribution in [3.8, 4) is 5.75 Å². The molecule has 0 saturated heterocycles.